The van der Waals surface area contributed by atoms with Gasteiger partial charge in [-0.15, -0.1) is 0 Å². The summed E-state index contributed by atoms with van der Waals surface area (Å²) >= 11 is 0. The first kappa shape index (κ1) is 19.6. The molecule has 1 saturated carbocycles. The van der Waals surface area contributed by atoms with E-state index in [1.165, 1.54) is 6.33 Å². The number of rotatable bonds is 2. The van der Waals surface area contributed by atoms with Crippen molar-refractivity contribution in [2.45, 2.75) is 44.1 Å². The van der Waals surface area contributed by atoms with E-state index >= 15 is 0 Å². The van der Waals surface area contributed by atoms with Crippen LogP contribution in [0.1, 0.15) is 36.2 Å². The molecule has 164 valence electrons. The number of hydrogen-bond acceptors (Lipinski definition) is 7. The molecule has 0 radical (unpaired) electrons. The van der Waals surface area contributed by atoms with E-state index in [-0.39, 0.29) is 12.1 Å². The van der Waals surface area contributed by atoms with Gasteiger partial charge < -0.3 is 25.3 Å². The molecule has 1 aromatic carbocycles. The van der Waals surface area contributed by atoms with Gasteiger partial charge in [-0.25, -0.2) is 15.0 Å². The summed E-state index contributed by atoms with van der Waals surface area (Å²) < 4.78 is 8.16. The monoisotopic (exact) mass is 431 g/mol. The first-order chi connectivity index (χ1) is 15.4. The van der Waals surface area contributed by atoms with Crippen LogP contribution in [0.3, 0.4) is 0 Å². The number of aliphatic hydroxyl groups excluding tert-OH is 2. The van der Waals surface area contributed by atoms with Gasteiger partial charge in [-0.1, -0.05) is 12.1 Å². The molecule has 1 saturated heterocycles. The van der Waals surface area contributed by atoms with Crippen LogP contribution in [0, 0.1) is 12.3 Å². The van der Waals surface area contributed by atoms with Crippen LogP contribution >= 0.6 is 0 Å². The number of pyridine rings is 1. The fourth-order valence-electron chi connectivity index (χ4n) is 5.52. The number of fused-ring (bicyclic) bond motifs is 2. The number of nitrogens with two attached hydrogens (primary N) is 1. The number of ether oxygens (including phenoxy) is 1. The number of nitrogens with zero attached hydrogens (tertiary/aromatic N) is 4. The summed E-state index contributed by atoms with van der Waals surface area (Å²) in [7, 11) is 0. The Morgan fingerprint density at radius 2 is 1.97 bits per heavy atom. The zero-order chi connectivity index (χ0) is 22.0. The predicted octanol–water partition coefficient (Wildman–Crippen LogP) is 2.68. The molecule has 0 unspecified atom stereocenters. The standard InChI is InChI=1S/C24H25N5O3/c1-13-16-6-7-29(23(16)27-12-26-13)18-9-24(22(31)21(18)30)10-19(32-11-24)15-3-2-14-4-5-20(25)28-17(14)8-15/h2-8,12,18-19,21-22,30-31H,9-11H2,1H3,(H2,25,28)/t18-,19+,21+,22+,24-/m1/s1. The summed E-state index contributed by atoms with van der Waals surface area (Å²) in [5.74, 6) is 0.480. The number of benzene rings is 1. The average molecular weight is 431 g/mol. The summed E-state index contributed by atoms with van der Waals surface area (Å²) in [5, 5.41) is 24.1. The smallest absolute Gasteiger partial charge is 0.143 e. The third kappa shape index (κ3) is 2.83. The van der Waals surface area contributed by atoms with E-state index in [1.807, 2.05) is 48.0 Å². The van der Waals surface area contributed by atoms with Crippen molar-refractivity contribution in [2.24, 2.45) is 5.41 Å². The molecule has 1 spiro atoms. The van der Waals surface area contributed by atoms with Crippen molar-refractivity contribution in [3.05, 3.63) is 60.2 Å². The quantitative estimate of drug-likeness (QED) is 0.446. The molecule has 8 heteroatoms. The molecule has 4 heterocycles. The van der Waals surface area contributed by atoms with E-state index in [9.17, 15) is 10.2 Å². The van der Waals surface area contributed by atoms with Crippen LogP contribution in [0.2, 0.25) is 0 Å². The second-order valence-electron chi connectivity index (χ2n) is 9.18. The van der Waals surface area contributed by atoms with Crippen molar-refractivity contribution < 1.29 is 14.9 Å². The van der Waals surface area contributed by atoms with Gasteiger partial charge in [0.15, 0.2) is 0 Å². The van der Waals surface area contributed by atoms with Gasteiger partial charge in [0.25, 0.3) is 0 Å². The van der Waals surface area contributed by atoms with E-state index in [4.69, 9.17) is 10.5 Å². The molecule has 0 amide bonds. The van der Waals surface area contributed by atoms with Crippen LogP contribution in [0.25, 0.3) is 21.9 Å². The van der Waals surface area contributed by atoms with Crippen LogP contribution in [-0.2, 0) is 4.74 Å². The van der Waals surface area contributed by atoms with Crippen molar-refractivity contribution >= 4 is 27.8 Å². The molecule has 1 aliphatic heterocycles. The van der Waals surface area contributed by atoms with Crippen LogP contribution in [0.5, 0.6) is 0 Å². The first-order valence-electron chi connectivity index (χ1n) is 10.9. The van der Waals surface area contributed by atoms with E-state index in [1.54, 1.807) is 6.07 Å². The zero-order valence-electron chi connectivity index (χ0n) is 17.7. The number of anilines is 1. The molecule has 6 rings (SSSR count). The Kier molecular flexibility index (Phi) is 4.27. The van der Waals surface area contributed by atoms with E-state index < -0.39 is 17.6 Å². The highest BCUT2D eigenvalue weighted by Gasteiger charge is 2.57. The average Bonchev–Trinajstić information content (AvgIpc) is 3.47. The normalized spacial score (nSPS) is 30.1. The molecule has 3 aromatic heterocycles. The third-order valence-electron chi connectivity index (χ3n) is 7.30. The van der Waals surface area contributed by atoms with Crippen LogP contribution in [-0.4, -0.2) is 48.5 Å². The molecule has 2 fully saturated rings. The maximum absolute atomic E-state index is 11.1. The molecule has 2 aliphatic rings. The topological polar surface area (TPSA) is 119 Å². The van der Waals surface area contributed by atoms with Crippen molar-refractivity contribution in [3.8, 4) is 0 Å². The van der Waals surface area contributed by atoms with Crippen molar-refractivity contribution in [3.63, 3.8) is 0 Å². The van der Waals surface area contributed by atoms with Crippen molar-refractivity contribution in [1.29, 1.82) is 0 Å². The minimum absolute atomic E-state index is 0.172. The van der Waals surface area contributed by atoms with E-state index in [2.05, 4.69) is 15.0 Å². The predicted molar refractivity (Wildman–Crippen MR) is 120 cm³/mol. The molecule has 5 atom stereocenters. The fourth-order valence-corrected chi connectivity index (χ4v) is 5.52. The molecule has 1 aliphatic carbocycles. The highest BCUT2D eigenvalue weighted by Crippen LogP contribution is 2.54. The van der Waals surface area contributed by atoms with Gasteiger partial charge in [0.2, 0.25) is 0 Å². The minimum atomic E-state index is -0.902. The molecule has 32 heavy (non-hydrogen) atoms. The molecule has 4 aromatic rings. The lowest BCUT2D eigenvalue weighted by Gasteiger charge is -2.26. The van der Waals surface area contributed by atoms with Gasteiger partial charge in [0.1, 0.15) is 23.9 Å². The molecular weight excluding hydrogens is 406 g/mol. The third-order valence-corrected chi connectivity index (χ3v) is 7.30. The Hall–Kier alpha value is -3.07. The molecular formula is C24H25N5O3. The Bertz CT molecular complexity index is 1340. The Labute approximate surface area is 184 Å². The SMILES string of the molecule is Cc1ncnc2c1ccn2[C@@H]1C[C@@]2(CO[C@H](c3ccc4ccc(N)nc4c3)C2)[C@@H](O)[C@H]1O. The van der Waals surface area contributed by atoms with Crippen LogP contribution in [0.15, 0.2) is 48.9 Å². The van der Waals surface area contributed by atoms with Crippen LogP contribution < -0.4 is 5.73 Å². The lowest BCUT2D eigenvalue weighted by Crippen LogP contribution is -2.37. The lowest BCUT2D eigenvalue weighted by atomic mass is 9.80. The van der Waals surface area contributed by atoms with Gasteiger partial charge in [-0.05, 0) is 49.6 Å². The highest BCUT2D eigenvalue weighted by atomic mass is 16.5. The second kappa shape index (κ2) is 6.96. The number of aromatic nitrogens is 4. The molecule has 8 nitrogen and oxygen atoms in total. The zero-order valence-corrected chi connectivity index (χ0v) is 17.7. The Morgan fingerprint density at radius 1 is 1.12 bits per heavy atom. The summed E-state index contributed by atoms with van der Waals surface area (Å²) in [4.78, 5) is 13.1. The van der Waals surface area contributed by atoms with Crippen LogP contribution in [0.4, 0.5) is 5.82 Å². The lowest BCUT2D eigenvalue weighted by molar-refractivity contribution is -0.0309. The second-order valence-corrected chi connectivity index (χ2v) is 9.18. The minimum Gasteiger partial charge on any atom is -0.390 e. The number of aryl methyl sites for hydroxylation is 1. The largest absolute Gasteiger partial charge is 0.390 e. The van der Waals surface area contributed by atoms with Gasteiger partial charge in [0.05, 0.1) is 36.1 Å². The van der Waals surface area contributed by atoms with Crippen molar-refractivity contribution in [2.75, 3.05) is 12.3 Å². The molecule has 4 N–H and O–H groups in total. The molecule has 0 bridgehead atoms. The first-order valence-corrected chi connectivity index (χ1v) is 10.9. The van der Waals surface area contributed by atoms with Gasteiger partial charge in [0, 0.05) is 22.4 Å². The fraction of sp³-hybridized carbons (Fsp3) is 0.375. The number of nitrogen functional groups attached to an aromatic ring is 1. The van der Waals surface area contributed by atoms with Gasteiger partial charge >= 0.3 is 0 Å². The maximum atomic E-state index is 11.1. The summed E-state index contributed by atoms with van der Waals surface area (Å²) in [6.07, 6.45) is 2.75. The Morgan fingerprint density at radius 3 is 2.84 bits per heavy atom. The van der Waals surface area contributed by atoms with Crippen molar-refractivity contribution in [1.82, 2.24) is 19.5 Å². The number of aliphatic hydroxyl groups is 2. The van der Waals surface area contributed by atoms with E-state index in [0.29, 0.717) is 25.3 Å². The Balaban J connectivity index is 1.31. The van der Waals surface area contributed by atoms with E-state index in [0.717, 1.165) is 33.2 Å². The number of hydrogen-bond donors (Lipinski definition) is 3. The van der Waals surface area contributed by atoms with Gasteiger partial charge in [-0.2, -0.15) is 0 Å². The summed E-state index contributed by atoms with van der Waals surface area (Å²) in [6.45, 7) is 2.33. The highest BCUT2D eigenvalue weighted by molar-refractivity contribution is 5.81. The summed E-state index contributed by atoms with van der Waals surface area (Å²) in [6, 6.07) is 11.5. The maximum Gasteiger partial charge on any atom is 0.143 e. The van der Waals surface area contributed by atoms with Gasteiger partial charge in [-0.3, -0.25) is 0 Å². The summed E-state index contributed by atoms with van der Waals surface area (Å²) in [5.41, 5.74) is 8.83.